The highest BCUT2D eigenvalue weighted by atomic mass is 16.5. The third-order valence-corrected chi connectivity index (χ3v) is 5.07. The van der Waals surface area contributed by atoms with Crippen molar-refractivity contribution in [2.45, 2.75) is 39.5 Å². The van der Waals surface area contributed by atoms with Crippen LogP contribution in [0.4, 0.5) is 0 Å². The topological polar surface area (TPSA) is 63.6 Å². The molecule has 0 heterocycles. The second kappa shape index (κ2) is 5.59. The van der Waals surface area contributed by atoms with Crippen LogP contribution in [0.2, 0.25) is 0 Å². The summed E-state index contributed by atoms with van der Waals surface area (Å²) in [6, 6.07) is 9.34. The van der Waals surface area contributed by atoms with E-state index >= 15 is 0 Å². The molecule has 1 aromatic rings. The summed E-state index contributed by atoms with van der Waals surface area (Å²) in [6.07, 6.45) is 0.261. The lowest BCUT2D eigenvalue weighted by molar-refractivity contribution is -0.162. The quantitative estimate of drug-likeness (QED) is 0.684. The van der Waals surface area contributed by atoms with Gasteiger partial charge < -0.3 is 9.84 Å². The van der Waals surface area contributed by atoms with Crippen LogP contribution < -0.4 is 0 Å². The molecular formula is C18H22O4. The zero-order valence-corrected chi connectivity index (χ0v) is 13.5. The number of Topliss-reactive ketones (excluding diaryl/α,β-unsaturated/α-hetero) is 1. The molecule has 0 unspecified atom stereocenters. The fourth-order valence-corrected chi connectivity index (χ4v) is 3.60. The number of ketones is 1. The monoisotopic (exact) mass is 302 g/mol. The Morgan fingerprint density at radius 1 is 1.23 bits per heavy atom. The van der Waals surface area contributed by atoms with Crippen LogP contribution in [0.1, 0.15) is 39.7 Å². The number of hydrogen-bond acceptors (Lipinski definition) is 4. The molecule has 0 spiro atoms. The first kappa shape index (κ1) is 16.3. The first-order chi connectivity index (χ1) is 10.4. The molecule has 0 fully saturated rings. The van der Waals surface area contributed by atoms with E-state index in [9.17, 15) is 14.7 Å². The van der Waals surface area contributed by atoms with Gasteiger partial charge in [0.05, 0.1) is 6.61 Å². The molecule has 2 atom stereocenters. The standard InChI is InChI=1S/C18H22O4/c1-5-18(16(21)22-6-2)15(20)14(19)12(3)17(18,4)13-10-8-7-9-11-13/h7-11,19H,5-6H2,1-4H3/t17-,18+/m1/s1. The summed E-state index contributed by atoms with van der Waals surface area (Å²) in [5, 5.41) is 10.3. The van der Waals surface area contributed by atoms with Gasteiger partial charge in [0, 0.05) is 5.41 Å². The molecule has 0 radical (unpaired) electrons. The number of aliphatic hydroxyl groups is 1. The molecule has 22 heavy (non-hydrogen) atoms. The fourth-order valence-electron chi connectivity index (χ4n) is 3.60. The van der Waals surface area contributed by atoms with Gasteiger partial charge in [-0.05, 0) is 31.4 Å². The van der Waals surface area contributed by atoms with Crippen LogP contribution in [0.25, 0.3) is 0 Å². The van der Waals surface area contributed by atoms with Gasteiger partial charge in [0.1, 0.15) is 5.41 Å². The molecule has 0 bridgehead atoms. The number of benzene rings is 1. The van der Waals surface area contributed by atoms with Crippen molar-refractivity contribution in [3.8, 4) is 0 Å². The van der Waals surface area contributed by atoms with E-state index in [0.717, 1.165) is 5.56 Å². The summed E-state index contributed by atoms with van der Waals surface area (Å²) in [4.78, 5) is 25.5. The number of carbonyl (C=O) groups is 2. The number of rotatable bonds is 4. The molecule has 0 saturated carbocycles. The zero-order chi connectivity index (χ0) is 16.5. The van der Waals surface area contributed by atoms with Crippen molar-refractivity contribution in [2.75, 3.05) is 6.61 Å². The maximum atomic E-state index is 12.8. The minimum absolute atomic E-state index is 0.193. The lowest BCUT2D eigenvalue weighted by atomic mass is 9.59. The van der Waals surface area contributed by atoms with Gasteiger partial charge >= 0.3 is 5.97 Å². The van der Waals surface area contributed by atoms with Gasteiger partial charge in [-0.3, -0.25) is 9.59 Å². The molecule has 0 saturated heterocycles. The van der Waals surface area contributed by atoms with Crippen LogP contribution in [-0.4, -0.2) is 23.5 Å². The average molecular weight is 302 g/mol. The predicted molar refractivity (Wildman–Crippen MR) is 83.5 cm³/mol. The summed E-state index contributed by atoms with van der Waals surface area (Å²) < 4.78 is 5.21. The van der Waals surface area contributed by atoms with Crippen molar-refractivity contribution in [2.24, 2.45) is 5.41 Å². The Balaban J connectivity index is 2.76. The van der Waals surface area contributed by atoms with Crippen molar-refractivity contribution in [3.05, 3.63) is 47.2 Å². The molecule has 1 aromatic carbocycles. The van der Waals surface area contributed by atoms with E-state index in [0.29, 0.717) is 5.57 Å². The van der Waals surface area contributed by atoms with Crippen LogP contribution in [0.3, 0.4) is 0 Å². The van der Waals surface area contributed by atoms with Gasteiger partial charge in [0.15, 0.2) is 5.76 Å². The number of carbonyl (C=O) groups excluding carboxylic acids is 2. The smallest absolute Gasteiger partial charge is 0.321 e. The fraction of sp³-hybridized carbons (Fsp3) is 0.444. The SMILES string of the molecule is CCOC(=O)[C@]1(CC)C(=O)C(O)=C(C)[C@]1(C)c1ccccc1. The largest absolute Gasteiger partial charge is 0.504 e. The van der Waals surface area contributed by atoms with E-state index in [-0.39, 0.29) is 18.8 Å². The highest BCUT2D eigenvalue weighted by molar-refractivity contribution is 6.16. The molecule has 0 aromatic heterocycles. The average Bonchev–Trinajstić information content (AvgIpc) is 2.69. The molecule has 1 N–H and O–H groups in total. The van der Waals surface area contributed by atoms with E-state index in [1.807, 2.05) is 37.3 Å². The third kappa shape index (κ3) is 1.83. The molecule has 4 heteroatoms. The van der Waals surface area contributed by atoms with Gasteiger partial charge in [-0.25, -0.2) is 0 Å². The van der Waals surface area contributed by atoms with Gasteiger partial charge in [-0.15, -0.1) is 0 Å². The highest BCUT2D eigenvalue weighted by Crippen LogP contribution is 2.56. The minimum atomic E-state index is -1.42. The van der Waals surface area contributed by atoms with Gasteiger partial charge in [0.2, 0.25) is 5.78 Å². The van der Waals surface area contributed by atoms with Crippen LogP contribution in [-0.2, 0) is 19.7 Å². The Hall–Kier alpha value is -2.10. The number of hydrogen-bond donors (Lipinski definition) is 1. The Kier molecular flexibility index (Phi) is 4.14. The Morgan fingerprint density at radius 3 is 2.32 bits per heavy atom. The molecule has 1 aliphatic rings. The van der Waals surface area contributed by atoms with E-state index in [2.05, 4.69) is 0 Å². The molecule has 118 valence electrons. The number of aliphatic hydroxyl groups excluding tert-OH is 1. The number of ether oxygens (including phenoxy) is 1. The highest BCUT2D eigenvalue weighted by Gasteiger charge is 2.66. The van der Waals surface area contributed by atoms with Crippen molar-refractivity contribution in [1.29, 1.82) is 0 Å². The molecular weight excluding hydrogens is 280 g/mol. The van der Waals surface area contributed by atoms with Gasteiger partial charge in [-0.1, -0.05) is 44.2 Å². The van der Waals surface area contributed by atoms with Crippen LogP contribution in [0, 0.1) is 5.41 Å². The maximum Gasteiger partial charge on any atom is 0.321 e. The second-order valence-corrected chi connectivity index (χ2v) is 5.77. The molecule has 0 amide bonds. The Bertz CT molecular complexity index is 632. The molecule has 4 nitrogen and oxygen atoms in total. The van der Waals surface area contributed by atoms with Crippen LogP contribution in [0.15, 0.2) is 41.7 Å². The summed E-state index contributed by atoms with van der Waals surface area (Å²) in [7, 11) is 0. The van der Waals surface area contributed by atoms with Crippen molar-refractivity contribution in [1.82, 2.24) is 0 Å². The Morgan fingerprint density at radius 2 is 1.82 bits per heavy atom. The number of esters is 1. The van der Waals surface area contributed by atoms with E-state index in [1.54, 1.807) is 20.8 Å². The summed E-state index contributed by atoms with van der Waals surface area (Å²) in [6.45, 7) is 7.22. The molecule has 0 aliphatic heterocycles. The summed E-state index contributed by atoms with van der Waals surface area (Å²) in [5.41, 5.74) is -1.01. The van der Waals surface area contributed by atoms with Gasteiger partial charge in [-0.2, -0.15) is 0 Å². The van der Waals surface area contributed by atoms with Gasteiger partial charge in [0.25, 0.3) is 0 Å². The maximum absolute atomic E-state index is 12.8. The van der Waals surface area contributed by atoms with Crippen molar-refractivity contribution < 1.29 is 19.4 Å². The molecule has 2 rings (SSSR count). The van der Waals surface area contributed by atoms with Crippen LogP contribution >= 0.6 is 0 Å². The number of allylic oxidation sites excluding steroid dienone is 2. The zero-order valence-electron chi connectivity index (χ0n) is 13.5. The molecule has 1 aliphatic carbocycles. The first-order valence-corrected chi connectivity index (χ1v) is 7.55. The Labute approximate surface area is 130 Å². The van der Waals surface area contributed by atoms with E-state index < -0.39 is 22.6 Å². The minimum Gasteiger partial charge on any atom is -0.504 e. The summed E-state index contributed by atoms with van der Waals surface area (Å²) >= 11 is 0. The predicted octanol–water partition coefficient (Wildman–Crippen LogP) is 3.32. The third-order valence-electron chi connectivity index (χ3n) is 5.07. The normalized spacial score (nSPS) is 28.1. The lowest BCUT2D eigenvalue weighted by Crippen LogP contribution is -2.51. The van der Waals surface area contributed by atoms with E-state index in [4.69, 9.17) is 4.74 Å². The summed E-state index contributed by atoms with van der Waals surface area (Å²) in [5.74, 6) is -1.43. The van der Waals surface area contributed by atoms with Crippen molar-refractivity contribution in [3.63, 3.8) is 0 Å². The van der Waals surface area contributed by atoms with Crippen LogP contribution in [0.5, 0.6) is 0 Å². The van der Waals surface area contributed by atoms with E-state index in [1.165, 1.54) is 0 Å². The lowest BCUT2D eigenvalue weighted by Gasteiger charge is -2.41. The second-order valence-electron chi connectivity index (χ2n) is 5.77. The van der Waals surface area contributed by atoms with Crippen molar-refractivity contribution >= 4 is 11.8 Å². The first-order valence-electron chi connectivity index (χ1n) is 7.55.